The first kappa shape index (κ1) is 21.1. The Kier molecular flexibility index (Phi) is 7.52. The van der Waals surface area contributed by atoms with E-state index in [0.29, 0.717) is 4.47 Å². The molecule has 0 aliphatic rings. The van der Waals surface area contributed by atoms with Gasteiger partial charge in [-0.25, -0.2) is 13.2 Å². The lowest BCUT2D eigenvalue weighted by molar-refractivity contribution is -0.150. The highest BCUT2D eigenvalue weighted by atomic mass is 79.9. The largest absolute Gasteiger partial charge is 0.454 e. The predicted octanol–water partition coefficient (Wildman–Crippen LogP) is 0.490. The van der Waals surface area contributed by atoms with Gasteiger partial charge < -0.3 is 10.5 Å². The molecule has 9 nitrogen and oxygen atoms in total. The van der Waals surface area contributed by atoms with E-state index in [9.17, 15) is 22.8 Å². The molecule has 25 heavy (non-hydrogen) atoms. The van der Waals surface area contributed by atoms with E-state index < -0.39 is 46.5 Å². The molecule has 0 aliphatic heterocycles. The summed E-state index contributed by atoms with van der Waals surface area (Å²) in [7, 11) is -3.97. The first-order valence-electron chi connectivity index (χ1n) is 7.06. The minimum Gasteiger partial charge on any atom is -0.454 e. The summed E-state index contributed by atoms with van der Waals surface area (Å²) in [6.45, 7) is 2.46. The molecule has 1 rings (SSSR count). The molecule has 0 heterocycles. The number of benzene rings is 1. The monoisotopic (exact) mass is 435 g/mol. The zero-order valence-corrected chi connectivity index (χ0v) is 15.9. The molecule has 0 unspecified atom stereocenters. The van der Waals surface area contributed by atoms with Gasteiger partial charge in [0.1, 0.15) is 6.04 Å². The van der Waals surface area contributed by atoms with Crippen molar-refractivity contribution in [1.29, 1.82) is 0 Å². The molecule has 0 fully saturated rings. The number of sulfonamides is 1. The normalized spacial score (nSPS) is 12.5. The summed E-state index contributed by atoms with van der Waals surface area (Å²) >= 11 is 3.20. The number of ether oxygens (including phenoxy) is 1. The van der Waals surface area contributed by atoms with E-state index in [4.69, 9.17) is 10.5 Å². The number of nitrogens with two attached hydrogens (primary N) is 1. The summed E-state index contributed by atoms with van der Waals surface area (Å²) in [6, 6.07) is 3.54. The summed E-state index contributed by atoms with van der Waals surface area (Å²) in [6.07, 6.45) is 0. The maximum Gasteiger partial charge on any atom is 0.324 e. The van der Waals surface area contributed by atoms with Gasteiger partial charge in [-0.3, -0.25) is 14.9 Å². The van der Waals surface area contributed by atoms with Crippen molar-refractivity contribution in [2.24, 2.45) is 11.7 Å². The van der Waals surface area contributed by atoms with Crippen molar-refractivity contribution in [2.45, 2.75) is 24.8 Å². The molecule has 0 saturated heterocycles. The van der Waals surface area contributed by atoms with Crippen LogP contribution in [0.4, 0.5) is 4.79 Å². The van der Waals surface area contributed by atoms with Gasteiger partial charge in [0, 0.05) is 4.47 Å². The zero-order valence-electron chi connectivity index (χ0n) is 13.5. The Labute approximate surface area is 153 Å². The van der Waals surface area contributed by atoms with E-state index in [-0.39, 0.29) is 4.90 Å². The highest BCUT2D eigenvalue weighted by Gasteiger charge is 2.30. The third kappa shape index (κ3) is 6.80. The Morgan fingerprint density at radius 3 is 2.24 bits per heavy atom. The molecule has 138 valence electrons. The fourth-order valence-corrected chi connectivity index (χ4v) is 3.30. The molecule has 1 aromatic carbocycles. The number of amides is 3. The zero-order chi connectivity index (χ0) is 19.2. The van der Waals surface area contributed by atoms with Gasteiger partial charge in [-0.15, -0.1) is 0 Å². The number of carbonyl (C=O) groups is 3. The van der Waals surface area contributed by atoms with E-state index in [2.05, 4.69) is 20.7 Å². The minimum absolute atomic E-state index is 0.0272. The Hall–Kier alpha value is -1.98. The number of rotatable bonds is 7. The van der Waals surface area contributed by atoms with E-state index >= 15 is 0 Å². The number of imide groups is 1. The van der Waals surface area contributed by atoms with Crippen LogP contribution in [-0.4, -0.2) is 39.0 Å². The van der Waals surface area contributed by atoms with Crippen LogP contribution >= 0.6 is 15.9 Å². The van der Waals surface area contributed by atoms with Crippen LogP contribution in [0.5, 0.6) is 0 Å². The van der Waals surface area contributed by atoms with Crippen molar-refractivity contribution in [3.05, 3.63) is 28.7 Å². The van der Waals surface area contributed by atoms with Gasteiger partial charge in [0.2, 0.25) is 10.0 Å². The summed E-state index contributed by atoms with van der Waals surface area (Å²) in [4.78, 5) is 33.8. The average molecular weight is 436 g/mol. The fraction of sp³-hybridized carbons (Fsp3) is 0.357. The SMILES string of the molecule is CC(C)[C@@H](NS(=O)(=O)c1ccc(Br)cc1)C(=O)OCC(=O)NC(N)=O. The van der Waals surface area contributed by atoms with Gasteiger partial charge in [0.05, 0.1) is 4.90 Å². The van der Waals surface area contributed by atoms with Crippen LogP contribution in [0.15, 0.2) is 33.6 Å². The van der Waals surface area contributed by atoms with E-state index in [0.717, 1.165) is 0 Å². The molecule has 11 heteroatoms. The molecule has 0 bridgehead atoms. The minimum atomic E-state index is -3.97. The van der Waals surface area contributed by atoms with Crippen LogP contribution in [0.1, 0.15) is 13.8 Å². The van der Waals surface area contributed by atoms with Crippen molar-refractivity contribution < 1.29 is 27.5 Å². The lowest BCUT2D eigenvalue weighted by atomic mass is 10.1. The van der Waals surface area contributed by atoms with Crippen LogP contribution in [-0.2, 0) is 24.3 Å². The number of esters is 1. The lowest BCUT2D eigenvalue weighted by Crippen LogP contribution is -2.46. The van der Waals surface area contributed by atoms with Gasteiger partial charge >= 0.3 is 12.0 Å². The Morgan fingerprint density at radius 2 is 1.76 bits per heavy atom. The van der Waals surface area contributed by atoms with Gasteiger partial charge in [0.15, 0.2) is 6.61 Å². The highest BCUT2D eigenvalue weighted by Crippen LogP contribution is 2.16. The topological polar surface area (TPSA) is 145 Å². The first-order chi connectivity index (χ1) is 11.5. The predicted molar refractivity (Wildman–Crippen MR) is 91.8 cm³/mol. The summed E-state index contributed by atoms with van der Waals surface area (Å²) in [5.74, 6) is -2.31. The highest BCUT2D eigenvalue weighted by molar-refractivity contribution is 9.10. The molecular weight excluding hydrogens is 418 g/mol. The van der Waals surface area contributed by atoms with Gasteiger partial charge in [-0.2, -0.15) is 4.72 Å². The molecule has 4 N–H and O–H groups in total. The summed E-state index contributed by atoms with van der Waals surface area (Å²) in [5.41, 5.74) is 4.76. The van der Waals surface area contributed by atoms with Crippen LogP contribution in [0, 0.1) is 5.92 Å². The molecule has 0 aliphatic carbocycles. The molecule has 1 atom stereocenters. The maximum atomic E-state index is 12.4. The van der Waals surface area contributed by atoms with Crippen LogP contribution in [0.3, 0.4) is 0 Å². The third-order valence-electron chi connectivity index (χ3n) is 2.93. The number of urea groups is 1. The standard InChI is InChI=1S/C14H18BrN3O6S/c1-8(2)12(13(20)24-7-11(19)17-14(16)21)18-25(22,23)10-5-3-9(15)4-6-10/h3-6,8,12,18H,7H2,1-2H3,(H3,16,17,19,21)/t12-/m1/s1. The molecule has 0 spiro atoms. The third-order valence-corrected chi connectivity index (χ3v) is 4.92. The number of primary amides is 1. The number of halogens is 1. The van der Waals surface area contributed by atoms with E-state index in [1.165, 1.54) is 12.1 Å². The van der Waals surface area contributed by atoms with Gasteiger partial charge in [-0.1, -0.05) is 29.8 Å². The summed E-state index contributed by atoms with van der Waals surface area (Å²) in [5, 5.41) is 1.73. The van der Waals surface area contributed by atoms with Crippen LogP contribution < -0.4 is 15.8 Å². The molecule has 3 amide bonds. The lowest BCUT2D eigenvalue weighted by Gasteiger charge is -2.20. The fourth-order valence-electron chi connectivity index (χ4n) is 1.71. The van der Waals surface area contributed by atoms with E-state index in [1.807, 2.05) is 0 Å². The van der Waals surface area contributed by atoms with Gasteiger partial charge in [0.25, 0.3) is 5.91 Å². The Morgan fingerprint density at radius 1 is 1.20 bits per heavy atom. The molecule has 0 radical (unpaired) electrons. The number of nitrogens with one attached hydrogen (secondary N) is 2. The average Bonchev–Trinajstić information content (AvgIpc) is 2.50. The first-order valence-corrected chi connectivity index (χ1v) is 9.34. The summed E-state index contributed by atoms with van der Waals surface area (Å²) < 4.78 is 32.4. The van der Waals surface area contributed by atoms with Crippen molar-refractivity contribution in [3.8, 4) is 0 Å². The Bertz CT molecular complexity index is 748. The van der Waals surface area contributed by atoms with Crippen LogP contribution in [0.2, 0.25) is 0 Å². The molecule has 0 saturated carbocycles. The molecule has 1 aromatic rings. The van der Waals surface area contributed by atoms with Crippen molar-refractivity contribution in [2.75, 3.05) is 6.61 Å². The number of hydrogen-bond donors (Lipinski definition) is 3. The van der Waals surface area contributed by atoms with Crippen LogP contribution in [0.25, 0.3) is 0 Å². The van der Waals surface area contributed by atoms with Crippen molar-refractivity contribution in [1.82, 2.24) is 10.0 Å². The number of hydrogen-bond acceptors (Lipinski definition) is 6. The van der Waals surface area contributed by atoms with Crippen molar-refractivity contribution in [3.63, 3.8) is 0 Å². The molecular formula is C14H18BrN3O6S. The smallest absolute Gasteiger partial charge is 0.324 e. The second kappa shape index (κ2) is 8.92. The quantitative estimate of drug-likeness (QED) is 0.531. The second-order valence-corrected chi connectivity index (χ2v) is 7.95. The molecule has 0 aromatic heterocycles. The number of carbonyl (C=O) groups excluding carboxylic acids is 3. The second-order valence-electron chi connectivity index (χ2n) is 5.32. The Balaban J connectivity index is 2.82. The van der Waals surface area contributed by atoms with Gasteiger partial charge in [-0.05, 0) is 30.2 Å². The van der Waals surface area contributed by atoms with E-state index in [1.54, 1.807) is 31.3 Å². The maximum absolute atomic E-state index is 12.4. The van der Waals surface area contributed by atoms with Crippen molar-refractivity contribution >= 4 is 43.9 Å².